The monoisotopic (exact) mass is 280 g/mol. The van der Waals surface area contributed by atoms with Crippen LogP contribution < -0.4 is 0 Å². The second-order valence-electron chi connectivity index (χ2n) is 3.02. The number of Topliss-reactive ketones (excluding diaryl/α,β-unsaturated/α-hetero) is 1. The maximum atomic E-state index is 12.0. The maximum Gasteiger partial charge on any atom is 0.390 e. The zero-order valence-electron chi connectivity index (χ0n) is 7.59. The molecule has 1 rings (SSSR count). The predicted octanol–water partition coefficient (Wildman–Crippen LogP) is 3.59. The van der Waals surface area contributed by atoms with E-state index in [9.17, 15) is 18.0 Å². The van der Waals surface area contributed by atoms with Crippen molar-refractivity contribution in [2.75, 3.05) is 0 Å². The Morgan fingerprint density at radius 1 is 1.27 bits per heavy atom. The van der Waals surface area contributed by atoms with Gasteiger partial charge in [-0.25, -0.2) is 0 Å². The van der Waals surface area contributed by atoms with Gasteiger partial charge in [-0.05, 0) is 0 Å². The predicted molar refractivity (Wildman–Crippen MR) is 54.2 cm³/mol. The van der Waals surface area contributed by atoms with Crippen molar-refractivity contribution in [3.05, 3.63) is 35.9 Å². The van der Waals surface area contributed by atoms with E-state index < -0.39 is 23.2 Å². The summed E-state index contributed by atoms with van der Waals surface area (Å²) >= 11 is 2.75. The minimum absolute atomic E-state index is 0.281. The van der Waals surface area contributed by atoms with E-state index in [1.54, 1.807) is 18.2 Å². The van der Waals surface area contributed by atoms with Crippen LogP contribution in [0, 0.1) is 0 Å². The summed E-state index contributed by atoms with van der Waals surface area (Å²) in [5.41, 5.74) is 0.281. The molecule has 5 heteroatoms. The maximum absolute atomic E-state index is 12.0. The van der Waals surface area contributed by atoms with Crippen LogP contribution in [0.1, 0.15) is 16.8 Å². The third kappa shape index (κ3) is 4.03. The highest BCUT2D eigenvalue weighted by Crippen LogP contribution is 2.26. The van der Waals surface area contributed by atoms with E-state index >= 15 is 0 Å². The second kappa shape index (κ2) is 4.79. The van der Waals surface area contributed by atoms with Gasteiger partial charge in [-0.1, -0.05) is 46.3 Å². The van der Waals surface area contributed by atoms with Crippen LogP contribution in [-0.4, -0.2) is 16.8 Å². The Hall–Kier alpha value is -0.840. The summed E-state index contributed by atoms with van der Waals surface area (Å²) in [7, 11) is 0. The first-order valence-electron chi connectivity index (χ1n) is 4.20. The van der Waals surface area contributed by atoms with Gasteiger partial charge in [0.2, 0.25) is 0 Å². The number of alkyl halides is 4. The van der Waals surface area contributed by atoms with Crippen LogP contribution in [0.25, 0.3) is 0 Å². The quantitative estimate of drug-likeness (QED) is 0.611. The van der Waals surface area contributed by atoms with E-state index in [0.29, 0.717) is 0 Å². The van der Waals surface area contributed by atoms with Gasteiger partial charge in [0.05, 0.1) is 11.2 Å². The van der Waals surface area contributed by atoms with Crippen LogP contribution in [0.3, 0.4) is 0 Å². The van der Waals surface area contributed by atoms with Gasteiger partial charge in [-0.15, -0.1) is 0 Å². The topological polar surface area (TPSA) is 17.1 Å². The SMILES string of the molecule is O=C(c1ccccc1)C(Br)CC(F)(F)F. The number of hydrogen-bond donors (Lipinski definition) is 0. The van der Waals surface area contributed by atoms with Crippen LogP contribution in [0.4, 0.5) is 13.2 Å². The zero-order valence-corrected chi connectivity index (χ0v) is 9.18. The van der Waals surface area contributed by atoms with Crippen molar-refractivity contribution in [3.8, 4) is 0 Å². The number of hydrogen-bond acceptors (Lipinski definition) is 1. The summed E-state index contributed by atoms with van der Waals surface area (Å²) in [6.07, 6.45) is -5.49. The van der Waals surface area contributed by atoms with Gasteiger partial charge >= 0.3 is 6.18 Å². The first-order valence-corrected chi connectivity index (χ1v) is 5.12. The van der Waals surface area contributed by atoms with Crippen LogP contribution in [-0.2, 0) is 0 Å². The molecule has 0 aliphatic rings. The molecule has 0 amide bonds. The third-order valence-electron chi connectivity index (χ3n) is 1.75. The van der Waals surface area contributed by atoms with Gasteiger partial charge in [0.25, 0.3) is 0 Å². The number of benzene rings is 1. The lowest BCUT2D eigenvalue weighted by molar-refractivity contribution is -0.132. The summed E-state index contributed by atoms with van der Waals surface area (Å²) in [6.45, 7) is 0. The van der Waals surface area contributed by atoms with Crippen LogP contribution in [0.5, 0.6) is 0 Å². The van der Waals surface area contributed by atoms with Crippen molar-refractivity contribution in [1.82, 2.24) is 0 Å². The molecule has 15 heavy (non-hydrogen) atoms. The fraction of sp³-hybridized carbons (Fsp3) is 0.300. The molecule has 1 nitrogen and oxygen atoms in total. The minimum Gasteiger partial charge on any atom is -0.293 e. The van der Waals surface area contributed by atoms with Gasteiger partial charge < -0.3 is 0 Å². The van der Waals surface area contributed by atoms with Gasteiger partial charge in [0.15, 0.2) is 5.78 Å². The van der Waals surface area contributed by atoms with Crippen molar-refractivity contribution in [1.29, 1.82) is 0 Å². The molecule has 0 N–H and O–H groups in total. The molecule has 0 heterocycles. The standard InChI is InChI=1S/C10H8BrF3O/c11-8(6-10(12,13)14)9(15)7-4-2-1-3-5-7/h1-5,8H,6H2. The van der Waals surface area contributed by atoms with Crippen LogP contribution >= 0.6 is 15.9 Å². The Balaban J connectivity index is 2.70. The number of ketones is 1. The van der Waals surface area contributed by atoms with Crippen LogP contribution in [0.15, 0.2) is 30.3 Å². The van der Waals surface area contributed by atoms with E-state index in [0.717, 1.165) is 0 Å². The van der Waals surface area contributed by atoms with Gasteiger partial charge in [-0.2, -0.15) is 13.2 Å². The number of halogens is 4. The largest absolute Gasteiger partial charge is 0.390 e. The highest BCUT2D eigenvalue weighted by atomic mass is 79.9. The molecule has 0 bridgehead atoms. The summed E-state index contributed by atoms with van der Waals surface area (Å²) in [6, 6.07) is 7.91. The second-order valence-corrected chi connectivity index (χ2v) is 4.12. The van der Waals surface area contributed by atoms with Crippen molar-refractivity contribution in [2.45, 2.75) is 17.4 Å². The van der Waals surface area contributed by atoms with Gasteiger partial charge in [0, 0.05) is 5.56 Å². The van der Waals surface area contributed by atoms with Crippen LogP contribution in [0.2, 0.25) is 0 Å². The summed E-state index contributed by atoms with van der Waals surface area (Å²) in [4.78, 5) is 10.3. The van der Waals surface area contributed by atoms with Gasteiger partial charge in [0.1, 0.15) is 0 Å². The van der Waals surface area contributed by atoms with Gasteiger partial charge in [-0.3, -0.25) is 4.79 Å². The smallest absolute Gasteiger partial charge is 0.293 e. The van der Waals surface area contributed by atoms with Crippen molar-refractivity contribution in [2.24, 2.45) is 0 Å². The summed E-state index contributed by atoms with van der Waals surface area (Å²) in [5, 5.41) is 0. The molecule has 0 saturated carbocycles. The normalized spacial score (nSPS) is 13.6. The van der Waals surface area contributed by atoms with E-state index in [1.165, 1.54) is 12.1 Å². The molecule has 1 aromatic rings. The number of carbonyl (C=O) groups excluding carboxylic acids is 1. The van der Waals surface area contributed by atoms with Crippen molar-refractivity contribution in [3.63, 3.8) is 0 Å². The molecule has 0 aromatic heterocycles. The molecule has 0 aliphatic carbocycles. The molecule has 0 aliphatic heterocycles. The number of carbonyl (C=O) groups is 1. The molecule has 0 radical (unpaired) electrons. The van der Waals surface area contributed by atoms with E-state index in [4.69, 9.17) is 0 Å². The molecule has 1 atom stereocenters. The lowest BCUT2D eigenvalue weighted by Crippen LogP contribution is -2.22. The Bertz CT molecular complexity index is 334. The molecular weight excluding hydrogens is 273 g/mol. The molecular formula is C10H8BrF3O. The third-order valence-corrected chi connectivity index (χ3v) is 2.49. The average molecular weight is 281 g/mol. The fourth-order valence-corrected chi connectivity index (χ4v) is 1.71. The molecule has 0 spiro atoms. The number of rotatable bonds is 3. The Morgan fingerprint density at radius 2 is 1.80 bits per heavy atom. The summed E-state index contributed by atoms with van der Waals surface area (Å²) in [5.74, 6) is -0.548. The molecule has 0 saturated heterocycles. The van der Waals surface area contributed by atoms with Crippen molar-refractivity contribution >= 4 is 21.7 Å². The summed E-state index contributed by atoms with van der Waals surface area (Å²) < 4.78 is 36.0. The fourth-order valence-electron chi connectivity index (χ4n) is 1.08. The first kappa shape index (κ1) is 12.2. The Labute approximate surface area is 93.4 Å². The average Bonchev–Trinajstić information content (AvgIpc) is 2.15. The first-order chi connectivity index (χ1) is 6.90. The van der Waals surface area contributed by atoms with E-state index in [2.05, 4.69) is 15.9 Å². The highest BCUT2D eigenvalue weighted by molar-refractivity contribution is 9.10. The lowest BCUT2D eigenvalue weighted by Gasteiger charge is -2.11. The lowest BCUT2D eigenvalue weighted by atomic mass is 10.1. The Morgan fingerprint density at radius 3 is 2.27 bits per heavy atom. The Kier molecular flexibility index (Phi) is 3.90. The molecule has 0 fully saturated rings. The van der Waals surface area contributed by atoms with E-state index in [1.807, 2.05) is 0 Å². The highest BCUT2D eigenvalue weighted by Gasteiger charge is 2.34. The van der Waals surface area contributed by atoms with E-state index in [-0.39, 0.29) is 5.56 Å². The zero-order chi connectivity index (χ0) is 11.5. The molecule has 1 aromatic carbocycles. The molecule has 1 unspecified atom stereocenters. The minimum atomic E-state index is -4.33. The van der Waals surface area contributed by atoms with Crippen molar-refractivity contribution < 1.29 is 18.0 Å². The molecule has 82 valence electrons.